The number of nitrogens with two attached hydrogens (primary N) is 1. The molecular formula is C14H23NO3. The number of benzene rings is 1. The Kier molecular flexibility index (Phi) is 6.54. The number of hydrogen-bond acceptors (Lipinski definition) is 4. The maximum atomic E-state index is 9.31. The van der Waals surface area contributed by atoms with Crippen LogP contribution in [0.4, 0.5) is 0 Å². The second-order valence-corrected chi connectivity index (χ2v) is 4.28. The predicted molar refractivity (Wildman–Crippen MR) is 71.7 cm³/mol. The molecule has 0 fully saturated rings. The molecule has 0 unspecified atom stereocenters. The molecule has 4 nitrogen and oxygen atoms in total. The molecule has 1 atom stereocenters. The van der Waals surface area contributed by atoms with E-state index in [-0.39, 0.29) is 6.54 Å². The average Bonchev–Trinajstić information content (AvgIpc) is 2.40. The summed E-state index contributed by atoms with van der Waals surface area (Å²) in [6, 6.07) is 7.25. The van der Waals surface area contributed by atoms with E-state index in [1.807, 2.05) is 12.1 Å². The number of aliphatic hydroxyl groups excluding tert-OH is 1. The van der Waals surface area contributed by atoms with Gasteiger partial charge in [-0.25, -0.2) is 0 Å². The lowest BCUT2D eigenvalue weighted by Gasteiger charge is -2.15. The smallest absolute Gasteiger partial charge is 0.209 e. The minimum Gasteiger partial charge on any atom is -0.493 e. The van der Waals surface area contributed by atoms with Crippen molar-refractivity contribution in [3.63, 3.8) is 0 Å². The van der Waals surface area contributed by atoms with Crippen LogP contribution in [-0.4, -0.2) is 24.5 Å². The first-order chi connectivity index (χ1) is 8.69. The molecule has 0 saturated heterocycles. The number of ether oxygens (including phenoxy) is 2. The lowest BCUT2D eigenvalue weighted by molar-refractivity contribution is -0.00873. The first-order valence-electron chi connectivity index (χ1n) is 6.47. The minimum atomic E-state index is -0.973. The highest BCUT2D eigenvalue weighted by atomic mass is 16.6. The molecule has 0 spiro atoms. The Labute approximate surface area is 109 Å². The van der Waals surface area contributed by atoms with E-state index in [2.05, 4.69) is 13.8 Å². The van der Waals surface area contributed by atoms with Crippen LogP contribution in [0.2, 0.25) is 0 Å². The highest BCUT2D eigenvalue weighted by Crippen LogP contribution is 2.21. The van der Waals surface area contributed by atoms with Crippen molar-refractivity contribution in [1.82, 2.24) is 0 Å². The van der Waals surface area contributed by atoms with Crippen molar-refractivity contribution in [1.29, 1.82) is 0 Å². The summed E-state index contributed by atoms with van der Waals surface area (Å²) in [6.07, 6.45) is 1.25. The first kappa shape index (κ1) is 14.8. The number of aliphatic hydroxyl groups is 1. The van der Waals surface area contributed by atoms with Crippen molar-refractivity contribution in [3.05, 3.63) is 24.3 Å². The zero-order chi connectivity index (χ0) is 13.4. The molecule has 1 aromatic carbocycles. The Balaban J connectivity index is 2.53. The summed E-state index contributed by atoms with van der Waals surface area (Å²) in [4.78, 5) is 0. The fourth-order valence-corrected chi connectivity index (χ4v) is 1.58. The highest BCUT2D eigenvalue weighted by molar-refractivity contribution is 5.33. The van der Waals surface area contributed by atoms with Crippen LogP contribution in [0.3, 0.4) is 0 Å². The van der Waals surface area contributed by atoms with Crippen molar-refractivity contribution >= 4 is 0 Å². The molecule has 0 saturated carbocycles. The number of rotatable bonds is 8. The van der Waals surface area contributed by atoms with E-state index in [1.54, 1.807) is 12.1 Å². The second-order valence-electron chi connectivity index (χ2n) is 4.28. The van der Waals surface area contributed by atoms with Crippen LogP contribution in [0, 0.1) is 5.92 Å². The molecule has 0 radical (unpaired) electrons. The molecule has 3 N–H and O–H groups in total. The minimum absolute atomic E-state index is 0.0683. The van der Waals surface area contributed by atoms with E-state index in [0.717, 1.165) is 18.6 Å². The molecule has 0 aliphatic rings. The molecule has 0 aliphatic heterocycles. The highest BCUT2D eigenvalue weighted by Gasteiger charge is 2.06. The van der Waals surface area contributed by atoms with Gasteiger partial charge in [0.1, 0.15) is 11.5 Å². The van der Waals surface area contributed by atoms with E-state index >= 15 is 0 Å². The Morgan fingerprint density at radius 1 is 1.22 bits per heavy atom. The summed E-state index contributed by atoms with van der Waals surface area (Å²) >= 11 is 0. The third kappa shape index (κ3) is 4.94. The largest absolute Gasteiger partial charge is 0.493 e. The SMILES string of the molecule is CCC(CC)COc1cccc(O[C@@H](O)CN)c1. The van der Waals surface area contributed by atoms with Crippen molar-refractivity contribution in [2.24, 2.45) is 11.7 Å². The fraction of sp³-hybridized carbons (Fsp3) is 0.571. The van der Waals surface area contributed by atoms with Gasteiger partial charge in [0, 0.05) is 6.07 Å². The average molecular weight is 253 g/mol. The zero-order valence-electron chi connectivity index (χ0n) is 11.1. The standard InChI is InChI=1S/C14H23NO3/c1-3-11(4-2)10-17-12-6-5-7-13(8-12)18-14(16)9-15/h5-8,11,14,16H,3-4,9-10,15H2,1-2H3/t14-/m1/s1. The fourth-order valence-electron chi connectivity index (χ4n) is 1.58. The van der Waals surface area contributed by atoms with Gasteiger partial charge in [-0.15, -0.1) is 0 Å². The Morgan fingerprint density at radius 2 is 1.89 bits per heavy atom. The van der Waals surface area contributed by atoms with Gasteiger partial charge in [0.15, 0.2) is 0 Å². The van der Waals surface area contributed by atoms with Gasteiger partial charge < -0.3 is 20.3 Å². The van der Waals surface area contributed by atoms with Crippen LogP contribution >= 0.6 is 0 Å². The Morgan fingerprint density at radius 3 is 2.50 bits per heavy atom. The van der Waals surface area contributed by atoms with E-state index in [1.165, 1.54) is 0 Å². The lowest BCUT2D eigenvalue weighted by atomic mass is 10.1. The molecule has 0 aliphatic carbocycles. The van der Waals surface area contributed by atoms with Gasteiger partial charge in [0.05, 0.1) is 13.2 Å². The maximum absolute atomic E-state index is 9.31. The molecule has 1 aromatic rings. The molecule has 1 rings (SSSR count). The van der Waals surface area contributed by atoms with Gasteiger partial charge in [-0.05, 0) is 18.1 Å². The normalized spacial score (nSPS) is 12.5. The third-order valence-corrected chi connectivity index (χ3v) is 2.92. The van der Waals surface area contributed by atoms with E-state index in [4.69, 9.17) is 15.2 Å². The summed E-state index contributed by atoms with van der Waals surface area (Å²) in [6.45, 7) is 5.10. The molecule has 4 heteroatoms. The monoisotopic (exact) mass is 253 g/mol. The van der Waals surface area contributed by atoms with Gasteiger partial charge in [-0.2, -0.15) is 0 Å². The van der Waals surface area contributed by atoms with Gasteiger partial charge in [0.25, 0.3) is 0 Å². The summed E-state index contributed by atoms with van der Waals surface area (Å²) < 4.78 is 10.9. The topological polar surface area (TPSA) is 64.7 Å². The van der Waals surface area contributed by atoms with E-state index in [0.29, 0.717) is 18.3 Å². The first-order valence-corrected chi connectivity index (χ1v) is 6.47. The predicted octanol–water partition coefficient (Wildman–Crippen LogP) is 2.16. The van der Waals surface area contributed by atoms with Crippen LogP contribution < -0.4 is 15.2 Å². The molecular weight excluding hydrogens is 230 g/mol. The van der Waals surface area contributed by atoms with Gasteiger partial charge >= 0.3 is 0 Å². The molecule has 0 amide bonds. The molecule has 0 aromatic heterocycles. The van der Waals surface area contributed by atoms with Crippen LogP contribution in [0.5, 0.6) is 11.5 Å². The van der Waals surface area contributed by atoms with Crippen LogP contribution in [0.15, 0.2) is 24.3 Å². The van der Waals surface area contributed by atoms with Crippen molar-refractivity contribution in [2.45, 2.75) is 33.0 Å². The summed E-state index contributed by atoms with van der Waals surface area (Å²) in [5, 5.41) is 9.31. The van der Waals surface area contributed by atoms with E-state index in [9.17, 15) is 5.11 Å². The molecule has 0 heterocycles. The summed E-state index contributed by atoms with van der Waals surface area (Å²) in [5.41, 5.74) is 5.29. The van der Waals surface area contributed by atoms with Crippen LogP contribution in [0.25, 0.3) is 0 Å². The third-order valence-electron chi connectivity index (χ3n) is 2.92. The maximum Gasteiger partial charge on any atom is 0.209 e. The molecule has 18 heavy (non-hydrogen) atoms. The van der Waals surface area contributed by atoms with Gasteiger partial charge in [0.2, 0.25) is 6.29 Å². The zero-order valence-corrected chi connectivity index (χ0v) is 11.1. The second kappa shape index (κ2) is 7.95. The van der Waals surface area contributed by atoms with Crippen molar-refractivity contribution in [3.8, 4) is 11.5 Å². The van der Waals surface area contributed by atoms with Gasteiger partial charge in [-0.3, -0.25) is 0 Å². The van der Waals surface area contributed by atoms with Crippen molar-refractivity contribution in [2.75, 3.05) is 13.2 Å². The van der Waals surface area contributed by atoms with Crippen LogP contribution in [-0.2, 0) is 0 Å². The van der Waals surface area contributed by atoms with Crippen molar-refractivity contribution < 1.29 is 14.6 Å². The Hall–Kier alpha value is -1.26. The number of hydrogen-bond donors (Lipinski definition) is 2. The Bertz CT molecular complexity index is 340. The summed E-state index contributed by atoms with van der Waals surface area (Å²) in [7, 11) is 0. The lowest BCUT2D eigenvalue weighted by Crippen LogP contribution is -2.25. The van der Waals surface area contributed by atoms with Gasteiger partial charge in [-0.1, -0.05) is 32.8 Å². The molecule has 102 valence electrons. The van der Waals surface area contributed by atoms with E-state index < -0.39 is 6.29 Å². The quantitative estimate of drug-likeness (QED) is 0.697. The van der Waals surface area contributed by atoms with Crippen LogP contribution in [0.1, 0.15) is 26.7 Å². The summed E-state index contributed by atoms with van der Waals surface area (Å²) in [5.74, 6) is 1.89. The molecule has 0 bridgehead atoms.